The lowest BCUT2D eigenvalue weighted by Crippen LogP contribution is -1.98. The van der Waals surface area contributed by atoms with Crippen molar-refractivity contribution in [2.45, 2.75) is 6.92 Å². The second-order valence-electron chi connectivity index (χ2n) is 5.49. The molecule has 1 aromatic heterocycles. The molecule has 0 atom stereocenters. The maximum Gasteiger partial charge on any atom is 0.330 e. The molecule has 0 aliphatic heterocycles. The number of carbonyl (C=O) groups is 1. The van der Waals surface area contributed by atoms with Gasteiger partial charge in [-0.25, -0.2) is 14.2 Å². The zero-order valence-corrected chi connectivity index (χ0v) is 15.1. The van der Waals surface area contributed by atoms with Gasteiger partial charge in [0.25, 0.3) is 0 Å². The molecule has 6 nitrogen and oxygen atoms in total. The topological polar surface area (TPSA) is 79.9 Å². The lowest BCUT2D eigenvalue weighted by atomic mass is 10.1. The minimum Gasteiger partial charge on any atom is -0.463 e. The van der Waals surface area contributed by atoms with Crippen LogP contribution in [-0.2, 0) is 9.53 Å². The van der Waals surface area contributed by atoms with E-state index in [4.69, 9.17) is 16.3 Å². The summed E-state index contributed by atoms with van der Waals surface area (Å²) in [5, 5.41) is 10.4. The predicted molar refractivity (Wildman–Crippen MR) is 102 cm³/mol. The van der Waals surface area contributed by atoms with Gasteiger partial charge in [0.2, 0.25) is 0 Å². The molecule has 0 aliphatic carbocycles. The third kappa shape index (κ3) is 5.15. The Morgan fingerprint density at radius 1 is 1.26 bits per heavy atom. The van der Waals surface area contributed by atoms with Crippen molar-refractivity contribution in [1.82, 2.24) is 15.2 Å². The first kappa shape index (κ1) is 18.6. The zero-order chi connectivity index (χ0) is 19.2. The van der Waals surface area contributed by atoms with Gasteiger partial charge in [-0.15, -0.1) is 0 Å². The van der Waals surface area contributed by atoms with E-state index in [2.05, 4.69) is 20.5 Å². The van der Waals surface area contributed by atoms with E-state index in [-0.39, 0.29) is 12.4 Å². The number of ether oxygens (including phenoxy) is 1. The van der Waals surface area contributed by atoms with Crippen LogP contribution in [0.1, 0.15) is 12.7 Å². The molecule has 0 unspecified atom stereocenters. The Kier molecular flexibility index (Phi) is 5.83. The number of carbonyl (C=O) groups excluding carboxylic acids is 1. The Morgan fingerprint density at radius 2 is 2.04 bits per heavy atom. The number of hydrogen-bond donors (Lipinski definition) is 2. The van der Waals surface area contributed by atoms with Gasteiger partial charge in [-0.05, 0) is 55.5 Å². The van der Waals surface area contributed by atoms with Crippen LogP contribution in [0.2, 0.25) is 5.02 Å². The molecule has 3 rings (SSSR count). The van der Waals surface area contributed by atoms with E-state index in [1.807, 2.05) is 0 Å². The number of nitrogens with zero attached hydrogens (tertiary/aromatic N) is 2. The molecule has 0 bridgehead atoms. The van der Waals surface area contributed by atoms with Gasteiger partial charge in [0, 0.05) is 28.0 Å². The second-order valence-corrected chi connectivity index (χ2v) is 5.92. The number of benzene rings is 2. The van der Waals surface area contributed by atoms with Crippen molar-refractivity contribution in [3.05, 3.63) is 65.2 Å². The monoisotopic (exact) mass is 386 g/mol. The summed E-state index contributed by atoms with van der Waals surface area (Å²) in [6, 6.07) is 11.5. The summed E-state index contributed by atoms with van der Waals surface area (Å²) in [6.45, 7) is 2.01. The molecular formula is C19H16ClFN4O2. The van der Waals surface area contributed by atoms with Gasteiger partial charge in [0.05, 0.1) is 6.61 Å². The Balaban J connectivity index is 1.80. The van der Waals surface area contributed by atoms with Crippen LogP contribution in [0.25, 0.3) is 17.5 Å². The Morgan fingerprint density at radius 3 is 2.78 bits per heavy atom. The number of nitrogens with one attached hydrogen (secondary N) is 2. The highest BCUT2D eigenvalue weighted by Crippen LogP contribution is 2.25. The molecule has 0 aliphatic rings. The minimum absolute atomic E-state index is 0.287. The van der Waals surface area contributed by atoms with Gasteiger partial charge in [-0.1, -0.05) is 11.6 Å². The highest BCUT2D eigenvalue weighted by atomic mass is 35.5. The van der Waals surface area contributed by atoms with E-state index in [1.54, 1.807) is 37.3 Å². The lowest BCUT2D eigenvalue weighted by molar-refractivity contribution is -0.137. The molecule has 138 valence electrons. The standard InChI is InChI=1S/C19H16ClFN4O2/c1-2-27-18(26)8-7-17-23-19(25-24-17)12-9-14(21)11-16(10-12)22-15-5-3-13(20)4-6-15/h3-11,22H,2H2,1H3,(H,23,24,25)/b8-7-. The maximum atomic E-state index is 14.0. The van der Waals surface area contributed by atoms with E-state index in [9.17, 15) is 9.18 Å². The summed E-state index contributed by atoms with van der Waals surface area (Å²) in [5.74, 6) is -0.250. The SMILES string of the molecule is CCOC(=O)/C=C\c1n[nH]c(-c2cc(F)cc(Nc3ccc(Cl)cc3)c2)n1. The third-order valence-electron chi connectivity index (χ3n) is 3.46. The van der Waals surface area contributed by atoms with Crippen molar-refractivity contribution >= 4 is 35.0 Å². The number of H-pyrrole nitrogens is 1. The van der Waals surface area contributed by atoms with Crippen LogP contribution in [0.5, 0.6) is 0 Å². The summed E-state index contributed by atoms with van der Waals surface area (Å²) in [7, 11) is 0. The summed E-state index contributed by atoms with van der Waals surface area (Å²) in [4.78, 5) is 15.6. The summed E-state index contributed by atoms with van der Waals surface area (Å²) in [6.07, 6.45) is 2.65. The highest BCUT2D eigenvalue weighted by molar-refractivity contribution is 6.30. The first-order valence-electron chi connectivity index (χ1n) is 8.14. The number of aromatic amines is 1. The number of halogens is 2. The van der Waals surface area contributed by atoms with Crippen molar-refractivity contribution in [2.75, 3.05) is 11.9 Å². The fourth-order valence-electron chi connectivity index (χ4n) is 2.31. The molecule has 0 saturated heterocycles. The number of esters is 1. The van der Waals surface area contributed by atoms with Crippen molar-refractivity contribution < 1.29 is 13.9 Å². The van der Waals surface area contributed by atoms with Gasteiger partial charge in [-0.2, -0.15) is 5.10 Å². The van der Waals surface area contributed by atoms with Crippen molar-refractivity contribution in [1.29, 1.82) is 0 Å². The average Bonchev–Trinajstić information content (AvgIpc) is 3.11. The zero-order valence-electron chi connectivity index (χ0n) is 14.4. The number of hydrogen-bond acceptors (Lipinski definition) is 5. The third-order valence-corrected chi connectivity index (χ3v) is 3.71. The van der Waals surface area contributed by atoms with E-state index in [0.29, 0.717) is 22.1 Å². The van der Waals surface area contributed by atoms with Crippen molar-refractivity contribution in [2.24, 2.45) is 0 Å². The highest BCUT2D eigenvalue weighted by Gasteiger charge is 2.08. The van der Waals surface area contributed by atoms with Crippen molar-refractivity contribution in [3.63, 3.8) is 0 Å². The van der Waals surface area contributed by atoms with E-state index in [0.717, 1.165) is 5.69 Å². The summed E-state index contributed by atoms with van der Waals surface area (Å²) < 4.78 is 18.8. The fourth-order valence-corrected chi connectivity index (χ4v) is 2.44. The quantitative estimate of drug-likeness (QED) is 0.478. The number of rotatable bonds is 6. The molecule has 2 N–H and O–H groups in total. The molecule has 0 radical (unpaired) electrons. The van der Waals surface area contributed by atoms with Gasteiger partial charge in [0.1, 0.15) is 5.82 Å². The molecule has 0 amide bonds. The van der Waals surface area contributed by atoms with Crippen LogP contribution < -0.4 is 5.32 Å². The molecule has 0 spiro atoms. The normalized spacial score (nSPS) is 10.9. The van der Waals surface area contributed by atoms with Crippen LogP contribution in [0.3, 0.4) is 0 Å². The fraction of sp³-hybridized carbons (Fsp3) is 0.105. The van der Waals surface area contributed by atoms with Gasteiger partial charge >= 0.3 is 5.97 Å². The van der Waals surface area contributed by atoms with Gasteiger partial charge in [0.15, 0.2) is 11.6 Å². The van der Waals surface area contributed by atoms with Crippen LogP contribution in [0.4, 0.5) is 15.8 Å². The maximum absolute atomic E-state index is 14.0. The Bertz CT molecular complexity index is 970. The van der Waals surface area contributed by atoms with E-state index in [1.165, 1.54) is 24.3 Å². The van der Waals surface area contributed by atoms with Gasteiger partial charge in [-0.3, -0.25) is 5.10 Å². The number of aromatic nitrogens is 3. The van der Waals surface area contributed by atoms with E-state index >= 15 is 0 Å². The van der Waals surface area contributed by atoms with Crippen LogP contribution in [-0.4, -0.2) is 27.8 Å². The largest absolute Gasteiger partial charge is 0.463 e. The van der Waals surface area contributed by atoms with Gasteiger partial charge < -0.3 is 10.1 Å². The molecule has 1 heterocycles. The second kappa shape index (κ2) is 8.46. The average molecular weight is 387 g/mol. The van der Waals surface area contributed by atoms with Crippen molar-refractivity contribution in [3.8, 4) is 11.4 Å². The number of anilines is 2. The molecule has 8 heteroatoms. The first-order chi connectivity index (χ1) is 13.0. The Labute approximate surface area is 160 Å². The Hall–Kier alpha value is -3.19. The molecule has 3 aromatic rings. The minimum atomic E-state index is -0.482. The van der Waals surface area contributed by atoms with Crippen LogP contribution in [0, 0.1) is 5.82 Å². The summed E-state index contributed by atoms with van der Waals surface area (Å²) >= 11 is 5.87. The van der Waals surface area contributed by atoms with Crippen LogP contribution >= 0.6 is 11.6 Å². The molecule has 2 aromatic carbocycles. The smallest absolute Gasteiger partial charge is 0.330 e. The predicted octanol–water partition coefficient (Wildman–Crippen LogP) is 4.58. The molecule has 27 heavy (non-hydrogen) atoms. The lowest BCUT2D eigenvalue weighted by Gasteiger charge is -2.08. The molecular weight excluding hydrogens is 371 g/mol. The summed E-state index contributed by atoms with van der Waals surface area (Å²) in [5.41, 5.74) is 1.83. The van der Waals surface area contributed by atoms with E-state index < -0.39 is 11.8 Å². The molecule has 0 fully saturated rings. The van der Waals surface area contributed by atoms with Crippen LogP contribution in [0.15, 0.2) is 48.5 Å². The first-order valence-corrected chi connectivity index (χ1v) is 8.52. The molecule has 0 saturated carbocycles.